The van der Waals surface area contributed by atoms with Crippen LogP contribution in [0.3, 0.4) is 0 Å². The maximum atomic E-state index is 13.6. The van der Waals surface area contributed by atoms with Gasteiger partial charge in [0.2, 0.25) is 10.0 Å². The van der Waals surface area contributed by atoms with E-state index in [1.54, 1.807) is 13.8 Å². The Balaban J connectivity index is 3.34. The number of hydrogen-bond donors (Lipinski definition) is 3. The lowest BCUT2D eigenvalue weighted by Crippen LogP contribution is -2.56. The van der Waals surface area contributed by atoms with Gasteiger partial charge in [-0.3, -0.25) is 0 Å². The fraction of sp³-hybridized carbons (Fsp3) is 0.417. The third-order valence-electron chi connectivity index (χ3n) is 3.32. The molecule has 1 aromatic rings. The van der Waals surface area contributed by atoms with Crippen molar-refractivity contribution in [3.05, 3.63) is 29.8 Å². The van der Waals surface area contributed by atoms with Crippen LogP contribution >= 0.6 is 0 Å². The van der Waals surface area contributed by atoms with Crippen molar-refractivity contribution in [2.45, 2.75) is 37.1 Å². The normalized spacial score (nSPS) is 13.4. The molecule has 21 heavy (non-hydrogen) atoms. The molecule has 0 saturated carbocycles. The highest BCUT2D eigenvalue weighted by Crippen LogP contribution is 2.22. The first kappa shape index (κ1) is 17.3. The van der Waals surface area contributed by atoms with Crippen LogP contribution in [0.15, 0.2) is 28.3 Å². The topological polar surface area (TPSA) is 105 Å². The number of benzene rings is 1. The minimum atomic E-state index is -4.39. The van der Waals surface area contributed by atoms with E-state index in [9.17, 15) is 17.2 Å². The standard InChI is InChI=1S/C12H17F2N3O3S/c1-3-12(4-2,11(15)16-18)17-21(19,20)10-7-8(13)5-6-9(10)14/h5-7,17-18H,3-4H2,1-2H3,(H2,15,16). The minimum Gasteiger partial charge on any atom is -0.409 e. The quantitative estimate of drug-likeness (QED) is 0.320. The molecule has 6 nitrogen and oxygen atoms in total. The molecule has 0 saturated heterocycles. The molecular formula is C12H17F2N3O3S. The second-order valence-corrected chi connectivity index (χ2v) is 6.11. The van der Waals surface area contributed by atoms with E-state index < -0.39 is 32.1 Å². The number of oxime groups is 1. The van der Waals surface area contributed by atoms with Crippen LogP contribution in [0.2, 0.25) is 0 Å². The van der Waals surface area contributed by atoms with Crippen LogP contribution in [0.1, 0.15) is 26.7 Å². The second-order valence-electron chi connectivity index (χ2n) is 4.45. The molecule has 0 aliphatic heterocycles. The summed E-state index contributed by atoms with van der Waals surface area (Å²) < 4.78 is 53.5. The van der Waals surface area contributed by atoms with Gasteiger partial charge in [-0.05, 0) is 31.0 Å². The summed E-state index contributed by atoms with van der Waals surface area (Å²) in [5.41, 5.74) is 4.15. The largest absolute Gasteiger partial charge is 0.409 e. The summed E-state index contributed by atoms with van der Waals surface area (Å²) in [4.78, 5) is -0.834. The van der Waals surface area contributed by atoms with Gasteiger partial charge in [0.1, 0.15) is 16.5 Å². The predicted molar refractivity (Wildman–Crippen MR) is 73.4 cm³/mol. The van der Waals surface area contributed by atoms with Crippen molar-refractivity contribution < 1.29 is 22.4 Å². The van der Waals surface area contributed by atoms with Gasteiger partial charge in [-0.1, -0.05) is 19.0 Å². The van der Waals surface area contributed by atoms with E-state index in [-0.39, 0.29) is 18.7 Å². The Kier molecular flexibility index (Phi) is 5.24. The lowest BCUT2D eigenvalue weighted by atomic mass is 9.93. The monoisotopic (exact) mass is 321 g/mol. The Hall–Kier alpha value is -1.74. The first-order valence-electron chi connectivity index (χ1n) is 6.19. The second kappa shape index (κ2) is 6.35. The first-order chi connectivity index (χ1) is 9.72. The van der Waals surface area contributed by atoms with E-state index in [1.807, 2.05) is 0 Å². The summed E-state index contributed by atoms with van der Waals surface area (Å²) in [5, 5.41) is 11.6. The Labute approximate surface area is 121 Å². The number of nitrogens with one attached hydrogen (secondary N) is 1. The molecule has 0 amide bonds. The third kappa shape index (κ3) is 3.48. The van der Waals surface area contributed by atoms with E-state index in [2.05, 4.69) is 9.88 Å². The third-order valence-corrected chi connectivity index (χ3v) is 4.87. The average Bonchev–Trinajstić information content (AvgIpc) is 2.46. The van der Waals surface area contributed by atoms with Gasteiger partial charge in [-0.25, -0.2) is 17.2 Å². The number of rotatable bonds is 6. The lowest BCUT2D eigenvalue weighted by molar-refractivity contribution is 0.307. The maximum absolute atomic E-state index is 13.6. The first-order valence-corrected chi connectivity index (χ1v) is 7.67. The molecule has 0 spiro atoms. The van der Waals surface area contributed by atoms with E-state index in [4.69, 9.17) is 10.9 Å². The van der Waals surface area contributed by atoms with E-state index in [1.165, 1.54) is 0 Å². The van der Waals surface area contributed by atoms with Crippen molar-refractivity contribution in [2.24, 2.45) is 10.9 Å². The molecule has 0 radical (unpaired) electrons. The Morgan fingerprint density at radius 1 is 1.38 bits per heavy atom. The molecule has 9 heteroatoms. The van der Waals surface area contributed by atoms with Gasteiger partial charge in [0.05, 0.1) is 5.54 Å². The highest BCUT2D eigenvalue weighted by molar-refractivity contribution is 7.89. The average molecular weight is 321 g/mol. The number of amidine groups is 1. The van der Waals surface area contributed by atoms with Crippen molar-refractivity contribution in [3.63, 3.8) is 0 Å². The molecule has 0 aromatic heterocycles. The van der Waals surface area contributed by atoms with Gasteiger partial charge >= 0.3 is 0 Å². The van der Waals surface area contributed by atoms with Crippen LogP contribution in [-0.4, -0.2) is 25.0 Å². The predicted octanol–water partition coefficient (Wildman–Crippen LogP) is 1.55. The van der Waals surface area contributed by atoms with Crippen molar-refractivity contribution in [1.29, 1.82) is 0 Å². The van der Waals surface area contributed by atoms with Crippen molar-refractivity contribution in [1.82, 2.24) is 4.72 Å². The fourth-order valence-electron chi connectivity index (χ4n) is 1.90. The number of hydrogen-bond acceptors (Lipinski definition) is 4. The van der Waals surface area contributed by atoms with Gasteiger partial charge in [0.25, 0.3) is 0 Å². The van der Waals surface area contributed by atoms with E-state index in [0.717, 1.165) is 6.07 Å². The molecule has 1 rings (SSSR count). The van der Waals surface area contributed by atoms with Crippen LogP contribution in [0.4, 0.5) is 8.78 Å². The SMILES string of the molecule is CCC(CC)(NS(=O)(=O)c1cc(F)ccc1F)/C(N)=N/O. The number of nitrogens with two attached hydrogens (primary N) is 1. The zero-order chi connectivity index (χ0) is 16.3. The molecule has 0 heterocycles. The summed E-state index contributed by atoms with van der Waals surface area (Å²) in [6.45, 7) is 3.23. The zero-order valence-corrected chi connectivity index (χ0v) is 12.4. The molecule has 0 fully saturated rings. The van der Waals surface area contributed by atoms with Crippen molar-refractivity contribution >= 4 is 15.9 Å². The highest BCUT2D eigenvalue weighted by atomic mass is 32.2. The highest BCUT2D eigenvalue weighted by Gasteiger charge is 2.37. The molecule has 0 unspecified atom stereocenters. The summed E-state index contributed by atoms with van der Waals surface area (Å²) >= 11 is 0. The van der Waals surface area contributed by atoms with Crippen LogP contribution in [0.25, 0.3) is 0 Å². The molecule has 0 aliphatic carbocycles. The van der Waals surface area contributed by atoms with Crippen LogP contribution in [-0.2, 0) is 10.0 Å². The van der Waals surface area contributed by atoms with E-state index in [0.29, 0.717) is 12.1 Å². The molecule has 0 aliphatic rings. The van der Waals surface area contributed by atoms with Crippen molar-refractivity contribution in [3.8, 4) is 0 Å². The van der Waals surface area contributed by atoms with Crippen LogP contribution in [0, 0.1) is 11.6 Å². The molecule has 0 bridgehead atoms. The zero-order valence-electron chi connectivity index (χ0n) is 11.6. The molecule has 118 valence electrons. The number of nitrogens with zero attached hydrogens (tertiary/aromatic N) is 1. The fourth-order valence-corrected chi connectivity index (χ4v) is 3.51. The molecular weight excluding hydrogens is 304 g/mol. The Morgan fingerprint density at radius 3 is 2.43 bits per heavy atom. The molecule has 4 N–H and O–H groups in total. The van der Waals surface area contributed by atoms with E-state index >= 15 is 0 Å². The minimum absolute atomic E-state index is 0.162. The van der Waals surface area contributed by atoms with Gasteiger partial charge in [0, 0.05) is 0 Å². The number of sulfonamides is 1. The van der Waals surface area contributed by atoms with Gasteiger partial charge in [-0.2, -0.15) is 4.72 Å². The summed E-state index contributed by atoms with van der Waals surface area (Å²) in [6.07, 6.45) is 0.325. The van der Waals surface area contributed by atoms with Crippen LogP contribution < -0.4 is 10.5 Å². The summed E-state index contributed by atoms with van der Waals surface area (Å²) in [5.74, 6) is -2.34. The molecule has 0 atom stereocenters. The maximum Gasteiger partial charge on any atom is 0.244 e. The summed E-state index contributed by atoms with van der Waals surface area (Å²) in [7, 11) is -4.39. The Bertz CT molecular complexity index is 643. The summed E-state index contributed by atoms with van der Waals surface area (Å²) in [6, 6.07) is 2.10. The van der Waals surface area contributed by atoms with Gasteiger partial charge in [-0.15, -0.1) is 0 Å². The van der Waals surface area contributed by atoms with Gasteiger partial charge < -0.3 is 10.9 Å². The van der Waals surface area contributed by atoms with Gasteiger partial charge in [0.15, 0.2) is 5.84 Å². The van der Waals surface area contributed by atoms with Crippen LogP contribution in [0.5, 0.6) is 0 Å². The van der Waals surface area contributed by atoms with Crippen molar-refractivity contribution in [2.75, 3.05) is 0 Å². The smallest absolute Gasteiger partial charge is 0.244 e. The Morgan fingerprint density at radius 2 is 1.95 bits per heavy atom. The lowest BCUT2D eigenvalue weighted by Gasteiger charge is -2.30. The number of halogens is 2. The molecule has 1 aromatic carbocycles.